The number of benzene rings is 5. The predicted octanol–water partition coefficient (Wildman–Crippen LogP) is 9.95. The lowest BCUT2D eigenvalue weighted by atomic mass is 10.0. The zero-order chi connectivity index (χ0) is 29.5. The van der Waals surface area contributed by atoms with Crippen molar-refractivity contribution in [2.24, 2.45) is 0 Å². The lowest BCUT2D eigenvalue weighted by molar-refractivity contribution is 1.14. The molecule has 3 aromatic heterocycles. The van der Waals surface area contributed by atoms with Gasteiger partial charge in [0.25, 0.3) is 0 Å². The summed E-state index contributed by atoms with van der Waals surface area (Å²) in [5.74, 6) is 0.705. The molecule has 8 rings (SSSR count). The molecule has 0 aliphatic rings. The Morgan fingerprint density at radius 2 is 1.02 bits per heavy atom. The van der Waals surface area contributed by atoms with Crippen LogP contribution in [-0.2, 0) is 0 Å². The van der Waals surface area contributed by atoms with Gasteiger partial charge in [-0.25, -0.2) is 9.97 Å². The highest BCUT2D eigenvalue weighted by atomic mass is 15.0. The monoisotopic (exact) mass is 564 g/mol. The Morgan fingerprint density at radius 3 is 1.66 bits per heavy atom. The number of aromatic nitrogens is 4. The van der Waals surface area contributed by atoms with Crippen LogP contribution in [0.2, 0.25) is 0 Å². The van der Waals surface area contributed by atoms with Gasteiger partial charge < -0.3 is 4.57 Å². The van der Waals surface area contributed by atoms with Gasteiger partial charge in [-0.3, -0.25) is 4.98 Å². The smallest absolute Gasteiger partial charge is 0.160 e. The van der Waals surface area contributed by atoms with Gasteiger partial charge in [-0.15, -0.1) is 0 Å². The van der Waals surface area contributed by atoms with Crippen LogP contribution < -0.4 is 0 Å². The number of hydrogen-bond acceptors (Lipinski definition) is 3. The van der Waals surface area contributed by atoms with E-state index in [-0.39, 0.29) is 0 Å². The highest BCUT2D eigenvalue weighted by Gasteiger charge is 2.15. The van der Waals surface area contributed by atoms with Gasteiger partial charge in [-0.1, -0.05) is 103 Å². The molecule has 0 radical (unpaired) electrons. The Balaban J connectivity index is 1.25. The molecule has 3 heterocycles. The lowest BCUT2D eigenvalue weighted by Gasteiger charge is -2.14. The van der Waals surface area contributed by atoms with Crippen molar-refractivity contribution in [2.45, 2.75) is 6.92 Å². The molecule has 44 heavy (non-hydrogen) atoms. The molecule has 0 aliphatic heterocycles. The third-order valence-corrected chi connectivity index (χ3v) is 8.21. The largest absolute Gasteiger partial charge is 0.309 e. The second kappa shape index (κ2) is 10.8. The number of hydrogen-bond donors (Lipinski definition) is 0. The number of pyridine rings is 1. The summed E-state index contributed by atoms with van der Waals surface area (Å²) in [7, 11) is 0. The van der Waals surface area contributed by atoms with Crippen LogP contribution in [0.4, 0.5) is 0 Å². The Bertz CT molecular complexity index is 2210. The molecule has 0 amide bonds. The molecule has 0 aliphatic carbocycles. The van der Waals surface area contributed by atoms with E-state index in [4.69, 9.17) is 9.97 Å². The highest BCUT2D eigenvalue weighted by molar-refractivity contribution is 6.09. The summed E-state index contributed by atoms with van der Waals surface area (Å²) in [4.78, 5) is 14.6. The lowest BCUT2D eigenvalue weighted by Crippen LogP contribution is -1.99. The first kappa shape index (κ1) is 25.8. The van der Waals surface area contributed by atoms with Crippen molar-refractivity contribution in [1.82, 2.24) is 19.5 Å². The van der Waals surface area contributed by atoms with Gasteiger partial charge in [0, 0.05) is 44.9 Å². The maximum Gasteiger partial charge on any atom is 0.160 e. The van der Waals surface area contributed by atoms with Crippen LogP contribution in [0, 0.1) is 6.92 Å². The van der Waals surface area contributed by atoms with Crippen LogP contribution >= 0.6 is 0 Å². The van der Waals surface area contributed by atoms with E-state index in [1.807, 2.05) is 42.6 Å². The summed E-state index contributed by atoms with van der Waals surface area (Å²) < 4.78 is 2.37. The summed E-state index contributed by atoms with van der Waals surface area (Å²) in [6.07, 6.45) is 1.82. The minimum atomic E-state index is 0.705. The first-order chi connectivity index (χ1) is 21.7. The maximum absolute atomic E-state index is 5.07. The molecule has 0 saturated carbocycles. The molecule has 0 spiro atoms. The molecule has 208 valence electrons. The Hall–Kier alpha value is -5.87. The number of fused-ring (bicyclic) bond motifs is 3. The summed E-state index contributed by atoms with van der Waals surface area (Å²) >= 11 is 0. The zero-order valence-corrected chi connectivity index (χ0v) is 24.2. The van der Waals surface area contributed by atoms with Crippen molar-refractivity contribution >= 4 is 21.8 Å². The van der Waals surface area contributed by atoms with E-state index < -0.39 is 0 Å². The van der Waals surface area contributed by atoms with E-state index in [1.54, 1.807) is 0 Å². The Kier molecular flexibility index (Phi) is 6.31. The predicted molar refractivity (Wildman–Crippen MR) is 181 cm³/mol. The van der Waals surface area contributed by atoms with Gasteiger partial charge in [-0.05, 0) is 55.0 Å². The molecular formula is C40H28N4. The van der Waals surface area contributed by atoms with Gasteiger partial charge in [0.15, 0.2) is 5.82 Å². The summed E-state index contributed by atoms with van der Waals surface area (Å²) in [6, 6.07) is 50.6. The van der Waals surface area contributed by atoms with E-state index >= 15 is 0 Å². The van der Waals surface area contributed by atoms with Crippen LogP contribution in [0.3, 0.4) is 0 Å². The Labute approximate surface area is 256 Å². The van der Waals surface area contributed by atoms with E-state index in [2.05, 4.69) is 126 Å². The average molecular weight is 565 g/mol. The third-order valence-electron chi connectivity index (χ3n) is 8.21. The van der Waals surface area contributed by atoms with E-state index in [0.29, 0.717) is 5.82 Å². The third kappa shape index (κ3) is 4.54. The van der Waals surface area contributed by atoms with Gasteiger partial charge in [0.1, 0.15) is 0 Å². The van der Waals surface area contributed by atoms with E-state index in [1.165, 1.54) is 27.4 Å². The molecule has 0 bridgehead atoms. The van der Waals surface area contributed by atoms with Crippen molar-refractivity contribution in [2.75, 3.05) is 0 Å². The fourth-order valence-electron chi connectivity index (χ4n) is 6.05. The minimum absolute atomic E-state index is 0.705. The number of nitrogens with zero attached hydrogens (tertiary/aromatic N) is 4. The SMILES string of the molecule is Cc1cc(-c2cc(-c3ccc(-c4ccccn4)cc3)nc(-c3ccccc3)n2)ccc1-n1c2ccccc2c2ccccc21. The highest BCUT2D eigenvalue weighted by Crippen LogP contribution is 2.35. The van der Waals surface area contributed by atoms with Gasteiger partial charge in [-0.2, -0.15) is 0 Å². The number of aryl methyl sites for hydroxylation is 1. The molecule has 0 fully saturated rings. The summed E-state index contributed by atoms with van der Waals surface area (Å²) in [5, 5.41) is 2.52. The van der Waals surface area contributed by atoms with Gasteiger partial charge in [0.2, 0.25) is 0 Å². The second-order valence-electron chi connectivity index (χ2n) is 11.0. The molecule has 0 saturated heterocycles. The molecule has 8 aromatic rings. The number of rotatable bonds is 5. The maximum atomic E-state index is 5.07. The van der Waals surface area contributed by atoms with Gasteiger partial charge >= 0.3 is 0 Å². The fraction of sp³-hybridized carbons (Fsp3) is 0.0250. The first-order valence-electron chi connectivity index (χ1n) is 14.8. The topological polar surface area (TPSA) is 43.6 Å². The molecule has 0 unspecified atom stereocenters. The van der Waals surface area contributed by atoms with Crippen LogP contribution in [0.25, 0.3) is 72.7 Å². The van der Waals surface area contributed by atoms with E-state index in [9.17, 15) is 0 Å². The van der Waals surface area contributed by atoms with Crippen LogP contribution in [0.15, 0.2) is 152 Å². The number of para-hydroxylation sites is 2. The average Bonchev–Trinajstić information content (AvgIpc) is 3.43. The minimum Gasteiger partial charge on any atom is -0.309 e. The van der Waals surface area contributed by atoms with Crippen LogP contribution in [0.5, 0.6) is 0 Å². The van der Waals surface area contributed by atoms with Crippen LogP contribution in [-0.4, -0.2) is 19.5 Å². The van der Waals surface area contributed by atoms with Gasteiger partial charge in [0.05, 0.1) is 28.1 Å². The summed E-state index contributed by atoms with van der Waals surface area (Å²) in [6.45, 7) is 2.18. The van der Waals surface area contributed by atoms with Crippen LogP contribution in [0.1, 0.15) is 5.56 Å². The quantitative estimate of drug-likeness (QED) is 0.209. The second-order valence-corrected chi connectivity index (χ2v) is 11.0. The summed E-state index contributed by atoms with van der Waals surface area (Å²) in [5.41, 5.74) is 11.6. The molecule has 4 nitrogen and oxygen atoms in total. The molecule has 4 heteroatoms. The fourth-order valence-corrected chi connectivity index (χ4v) is 6.05. The Morgan fingerprint density at radius 1 is 0.455 bits per heavy atom. The van der Waals surface area contributed by atoms with Crippen molar-refractivity contribution in [3.05, 3.63) is 157 Å². The van der Waals surface area contributed by atoms with Crippen molar-refractivity contribution in [1.29, 1.82) is 0 Å². The molecular weight excluding hydrogens is 536 g/mol. The van der Waals surface area contributed by atoms with Crippen molar-refractivity contribution < 1.29 is 0 Å². The van der Waals surface area contributed by atoms with E-state index in [0.717, 1.165) is 45.0 Å². The molecule has 0 atom stereocenters. The zero-order valence-electron chi connectivity index (χ0n) is 24.2. The van der Waals surface area contributed by atoms with Crippen molar-refractivity contribution in [3.63, 3.8) is 0 Å². The normalized spacial score (nSPS) is 11.3. The molecule has 5 aromatic carbocycles. The standard InChI is InChI=1S/C40H28N4/c1-27-25-31(22-23-37(27)44-38-16-7-5-13-32(38)33-14-6-8-17-39(33)44)36-26-35(42-40(43-36)30-11-3-2-4-12-30)29-20-18-28(19-21-29)34-15-9-10-24-41-34/h2-26H,1H3. The first-order valence-corrected chi connectivity index (χ1v) is 14.8. The van der Waals surface area contributed by atoms with Crippen molar-refractivity contribution in [3.8, 4) is 50.8 Å². The molecule has 0 N–H and O–H groups in total.